The highest BCUT2D eigenvalue weighted by atomic mass is 16.1. The summed E-state index contributed by atoms with van der Waals surface area (Å²) in [5.74, 6) is 0.636. The Bertz CT molecular complexity index is 658. The van der Waals surface area contributed by atoms with Gasteiger partial charge in [-0.2, -0.15) is 4.98 Å². The number of anilines is 1. The summed E-state index contributed by atoms with van der Waals surface area (Å²) in [6.07, 6.45) is 8.01. The predicted octanol–water partition coefficient (Wildman–Crippen LogP) is 2.56. The topological polar surface area (TPSA) is 59.8 Å². The van der Waals surface area contributed by atoms with Crippen molar-refractivity contribution in [2.75, 3.05) is 5.32 Å². The van der Waals surface area contributed by atoms with Crippen molar-refractivity contribution in [3.8, 4) is 0 Å². The molecular formula is C15H20N4O. The number of hydrogen-bond donors (Lipinski definition) is 1. The van der Waals surface area contributed by atoms with E-state index in [1.807, 2.05) is 6.92 Å². The highest BCUT2D eigenvalue weighted by molar-refractivity contribution is 5.75. The summed E-state index contributed by atoms with van der Waals surface area (Å²) in [4.78, 5) is 20.8. The summed E-state index contributed by atoms with van der Waals surface area (Å²) in [7, 11) is 0. The summed E-state index contributed by atoms with van der Waals surface area (Å²) in [5, 5.41) is 4.31. The van der Waals surface area contributed by atoms with Crippen LogP contribution in [0, 0.1) is 0 Å². The Kier molecular flexibility index (Phi) is 3.67. The molecule has 1 N–H and O–H groups in total. The van der Waals surface area contributed by atoms with Gasteiger partial charge in [0, 0.05) is 30.2 Å². The van der Waals surface area contributed by atoms with Gasteiger partial charge < -0.3 is 5.32 Å². The van der Waals surface area contributed by atoms with Crippen molar-refractivity contribution >= 4 is 17.0 Å². The molecule has 3 rings (SSSR count). The Hall–Kier alpha value is -1.91. The molecular weight excluding hydrogens is 252 g/mol. The minimum Gasteiger partial charge on any atom is -0.351 e. The molecule has 0 bridgehead atoms. The number of rotatable bonds is 3. The second kappa shape index (κ2) is 5.61. The number of hydrogen-bond acceptors (Lipinski definition) is 4. The molecule has 1 aliphatic rings. The van der Waals surface area contributed by atoms with Crippen LogP contribution < -0.4 is 10.9 Å². The van der Waals surface area contributed by atoms with E-state index in [0.717, 1.165) is 5.39 Å². The quantitative estimate of drug-likeness (QED) is 0.933. The van der Waals surface area contributed by atoms with E-state index < -0.39 is 0 Å². The SMILES string of the molecule is CCn1c(=O)ccc2cnc(NC3CCCCC3)nc21. The first-order chi connectivity index (χ1) is 9.78. The number of fused-ring (bicyclic) bond motifs is 1. The predicted molar refractivity (Wildman–Crippen MR) is 80.0 cm³/mol. The number of pyridine rings is 1. The molecule has 0 saturated heterocycles. The van der Waals surface area contributed by atoms with E-state index in [4.69, 9.17) is 0 Å². The molecule has 0 aromatic carbocycles. The third kappa shape index (κ3) is 2.53. The molecule has 0 spiro atoms. The molecule has 1 saturated carbocycles. The van der Waals surface area contributed by atoms with Crippen molar-refractivity contribution in [2.24, 2.45) is 0 Å². The van der Waals surface area contributed by atoms with Gasteiger partial charge in [-0.05, 0) is 25.8 Å². The van der Waals surface area contributed by atoms with Gasteiger partial charge in [-0.25, -0.2) is 4.98 Å². The maximum atomic E-state index is 11.8. The molecule has 5 nitrogen and oxygen atoms in total. The van der Waals surface area contributed by atoms with Gasteiger partial charge in [-0.15, -0.1) is 0 Å². The van der Waals surface area contributed by atoms with Gasteiger partial charge in [0.25, 0.3) is 5.56 Å². The van der Waals surface area contributed by atoms with E-state index in [-0.39, 0.29) is 5.56 Å². The number of aromatic nitrogens is 3. The van der Waals surface area contributed by atoms with Crippen LogP contribution in [0.1, 0.15) is 39.0 Å². The summed E-state index contributed by atoms with van der Waals surface area (Å²) in [6.45, 7) is 2.58. The van der Waals surface area contributed by atoms with Crippen molar-refractivity contribution in [3.63, 3.8) is 0 Å². The van der Waals surface area contributed by atoms with Crippen molar-refractivity contribution in [1.29, 1.82) is 0 Å². The Morgan fingerprint density at radius 3 is 2.85 bits per heavy atom. The van der Waals surface area contributed by atoms with Gasteiger partial charge in [0.15, 0.2) is 0 Å². The first-order valence-corrected chi connectivity index (χ1v) is 7.41. The van der Waals surface area contributed by atoms with E-state index in [1.165, 1.54) is 32.1 Å². The molecule has 2 aromatic rings. The molecule has 0 aliphatic heterocycles. The third-order valence-corrected chi connectivity index (χ3v) is 3.98. The standard InChI is InChI=1S/C15H20N4O/c1-2-19-13(20)9-8-11-10-16-15(18-14(11)19)17-12-6-4-3-5-7-12/h8-10,12H,2-7H2,1H3,(H,16,17,18). The molecule has 1 fully saturated rings. The van der Waals surface area contributed by atoms with Crippen LogP contribution in [0.25, 0.3) is 11.0 Å². The minimum atomic E-state index is -0.0117. The molecule has 0 radical (unpaired) electrons. The Labute approximate surface area is 118 Å². The maximum Gasteiger partial charge on any atom is 0.252 e. The molecule has 0 atom stereocenters. The molecule has 1 aliphatic carbocycles. The monoisotopic (exact) mass is 272 g/mol. The van der Waals surface area contributed by atoms with Crippen LogP contribution in [0.4, 0.5) is 5.95 Å². The number of nitrogens with zero attached hydrogens (tertiary/aromatic N) is 3. The summed E-state index contributed by atoms with van der Waals surface area (Å²) < 4.78 is 1.68. The zero-order valence-corrected chi connectivity index (χ0v) is 11.8. The van der Waals surface area contributed by atoms with Gasteiger partial charge in [0.1, 0.15) is 5.65 Å². The lowest BCUT2D eigenvalue weighted by molar-refractivity contribution is 0.461. The van der Waals surface area contributed by atoms with Crippen molar-refractivity contribution in [1.82, 2.24) is 14.5 Å². The van der Waals surface area contributed by atoms with Crippen LogP contribution >= 0.6 is 0 Å². The van der Waals surface area contributed by atoms with Crippen molar-refractivity contribution in [2.45, 2.75) is 51.6 Å². The van der Waals surface area contributed by atoms with Crippen molar-refractivity contribution in [3.05, 3.63) is 28.7 Å². The second-order valence-electron chi connectivity index (χ2n) is 5.37. The molecule has 20 heavy (non-hydrogen) atoms. The molecule has 0 unspecified atom stereocenters. The van der Waals surface area contributed by atoms with E-state index in [2.05, 4.69) is 15.3 Å². The van der Waals surface area contributed by atoms with Gasteiger partial charge in [-0.1, -0.05) is 19.3 Å². The lowest BCUT2D eigenvalue weighted by Gasteiger charge is -2.22. The highest BCUT2D eigenvalue weighted by Crippen LogP contribution is 2.20. The fourth-order valence-electron chi connectivity index (χ4n) is 2.88. The fourth-order valence-corrected chi connectivity index (χ4v) is 2.88. The smallest absolute Gasteiger partial charge is 0.252 e. The van der Waals surface area contributed by atoms with Crippen LogP contribution in [0.2, 0.25) is 0 Å². The maximum absolute atomic E-state index is 11.8. The second-order valence-corrected chi connectivity index (χ2v) is 5.37. The van der Waals surface area contributed by atoms with Crippen LogP contribution in [0.15, 0.2) is 23.1 Å². The fraction of sp³-hybridized carbons (Fsp3) is 0.533. The highest BCUT2D eigenvalue weighted by Gasteiger charge is 2.14. The van der Waals surface area contributed by atoms with E-state index in [1.54, 1.807) is 22.9 Å². The molecule has 2 aromatic heterocycles. The van der Waals surface area contributed by atoms with Gasteiger partial charge in [0.05, 0.1) is 0 Å². The lowest BCUT2D eigenvalue weighted by Crippen LogP contribution is -2.24. The van der Waals surface area contributed by atoms with Gasteiger partial charge in [-0.3, -0.25) is 9.36 Å². The Balaban J connectivity index is 1.94. The van der Waals surface area contributed by atoms with E-state index >= 15 is 0 Å². The Morgan fingerprint density at radius 1 is 1.30 bits per heavy atom. The first kappa shape index (κ1) is 13.1. The first-order valence-electron chi connectivity index (χ1n) is 7.41. The number of aryl methyl sites for hydroxylation is 1. The lowest BCUT2D eigenvalue weighted by atomic mass is 9.96. The third-order valence-electron chi connectivity index (χ3n) is 3.98. The van der Waals surface area contributed by atoms with Crippen LogP contribution in [-0.4, -0.2) is 20.6 Å². The van der Waals surface area contributed by atoms with E-state index in [0.29, 0.717) is 24.2 Å². The summed E-state index contributed by atoms with van der Waals surface area (Å²) in [6, 6.07) is 3.82. The van der Waals surface area contributed by atoms with Crippen LogP contribution in [0.5, 0.6) is 0 Å². The average molecular weight is 272 g/mol. The normalized spacial score (nSPS) is 16.4. The van der Waals surface area contributed by atoms with Gasteiger partial charge in [0.2, 0.25) is 5.95 Å². The van der Waals surface area contributed by atoms with Crippen molar-refractivity contribution < 1.29 is 0 Å². The zero-order chi connectivity index (χ0) is 13.9. The Morgan fingerprint density at radius 2 is 2.10 bits per heavy atom. The molecule has 0 amide bonds. The van der Waals surface area contributed by atoms with Crippen LogP contribution in [0.3, 0.4) is 0 Å². The van der Waals surface area contributed by atoms with Gasteiger partial charge >= 0.3 is 0 Å². The van der Waals surface area contributed by atoms with E-state index in [9.17, 15) is 4.79 Å². The minimum absolute atomic E-state index is 0.0117. The molecule has 5 heteroatoms. The molecule has 106 valence electrons. The zero-order valence-electron chi connectivity index (χ0n) is 11.8. The molecule has 2 heterocycles. The summed E-state index contributed by atoms with van der Waals surface area (Å²) in [5.41, 5.74) is 0.704. The largest absolute Gasteiger partial charge is 0.351 e. The number of nitrogens with one attached hydrogen (secondary N) is 1. The summed E-state index contributed by atoms with van der Waals surface area (Å²) >= 11 is 0. The average Bonchev–Trinajstić information content (AvgIpc) is 2.48. The van der Waals surface area contributed by atoms with Crippen LogP contribution in [-0.2, 0) is 6.54 Å².